The summed E-state index contributed by atoms with van der Waals surface area (Å²) in [7, 11) is 0. The number of aryl methyl sites for hydroxylation is 1. The highest BCUT2D eigenvalue weighted by molar-refractivity contribution is 5.76. The average molecular weight is 188 g/mol. The van der Waals surface area contributed by atoms with Crippen LogP contribution in [0.25, 0.3) is 11.0 Å². The summed E-state index contributed by atoms with van der Waals surface area (Å²) >= 11 is 0. The van der Waals surface area contributed by atoms with Crippen molar-refractivity contribution >= 4 is 11.0 Å². The van der Waals surface area contributed by atoms with E-state index in [1.807, 2.05) is 0 Å². The van der Waals surface area contributed by atoms with E-state index in [0.29, 0.717) is 0 Å². The highest BCUT2D eigenvalue weighted by atomic mass is 14.9. The lowest BCUT2D eigenvalue weighted by Crippen LogP contribution is -2.12. The number of fused-ring (bicyclic) bond motifs is 1. The van der Waals surface area contributed by atoms with Crippen molar-refractivity contribution in [1.82, 2.24) is 9.97 Å². The SMILES string of the molecule is Cc1cc2[nH]cnc2cc1C(C)(C)C. The van der Waals surface area contributed by atoms with Crippen LogP contribution in [0.2, 0.25) is 0 Å². The molecule has 0 aliphatic heterocycles. The number of nitrogens with zero attached hydrogens (tertiary/aromatic N) is 1. The van der Waals surface area contributed by atoms with Gasteiger partial charge in [-0.25, -0.2) is 4.98 Å². The summed E-state index contributed by atoms with van der Waals surface area (Å²) in [5.74, 6) is 0. The zero-order valence-corrected chi connectivity index (χ0v) is 9.18. The maximum absolute atomic E-state index is 4.28. The third-order valence-corrected chi connectivity index (χ3v) is 2.57. The molecule has 0 unspecified atom stereocenters. The molecule has 1 N–H and O–H groups in total. The van der Waals surface area contributed by atoms with Crippen LogP contribution in [-0.4, -0.2) is 9.97 Å². The van der Waals surface area contributed by atoms with Crippen molar-refractivity contribution in [3.8, 4) is 0 Å². The molecule has 2 aromatic rings. The summed E-state index contributed by atoms with van der Waals surface area (Å²) in [4.78, 5) is 7.41. The van der Waals surface area contributed by atoms with Crippen LogP contribution >= 0.6 is 0 Å². The Labute approximate surface area is 84.4 Å². The molecule has 0 saturated heterocycles. The molecule has 0 spiro atoms. The van der Waals surface area contributed by atoms with Crippen LogP contribution < -0.4 is 0 Å². The van der Waals surface area contributed by atoms with Gasteiger partial charge < -0.3 is 4.98 Å². The van der Waals surface area contributed by atoms with Gasteiger partial charge in [0.2, 0.25) is 0 Å². The number of nitrogens with one attached hydrogen (secondary N) is 1. The van der Waals surface area contributed by atoms with Gasteiger partial charge in [0.15, 0.2) is 0 Å². The molecule has 0 radical (unpaired) electrons. The molecule has 1 aromatic carbocycles. The molecule has 0 aliphatic rings. The molecular formula is C12H16N2. The first-order valence-electron chi connectivity index (χ1n) is 4.93. The average Bonchev–Trinajstić information content (AvgIpc) is 2.47. The van der Waals surface area contributed by atoms with E-state index in [1.165, 1.54) is 11.1 Å². The Morgan fingerprint density at radius 1 is 1.21 bits per heavy atom. The number of H-pyrrole nitrogens is 1. The molecule has 2 nitrogen and oxygen atoms in total. The summed E-state index contributed by atoms with van der Waals surface area (Å²) < 4.78 is 0. The van der Waals surface area contributed by atoms with Gasteiger partial charge in [-0.1, -0.05) is 20.8 Å². The largest absolute Gasteiger partial charge is 0.345 e. The second kappa shape index (κ2) is 2.84. The summed E-state index contributed by atoms with van der Waals surface area (Å²) in [6.07, 6.45) is 1.75. The van der Waals surface area contributed by atoms with E-state index in [0.717, 1.165) is 11.0 Å². The molecule has 74 valence electrons. The van der Waals surface area contributed by atoms with Crippen LogP contribution in [0, 0.1) is 6.92 Å². The van der Waals surface area contributed by atoms with Crippen molar-refractivity contribution in [2.75, 3.05) is 0 Å². The van der Waals surface area contributed by atoms with Gasteiger partial charge in [-0.05, 0) is 35.6 Å². The molecular weight excluding hydrogens is 172 g/mol. The van der Waals surface area contributed by atoms with Gasteiger partial charge in [0.05, 0.1) is 17.4 Å². The topological polar surface area (TPSA) is 28.7 Å². The van der Waals surface area contributed by atoms with Crippen LogP contribution in [0.1, 0.15) is 31.9 Å². The molecule has 1 aromatic heterocycles. The van der Waals surface area contributed by atoms with E-state index in [4.69, 9.17) is 0 Å². The van der Waals surface area contributed by atoms with E-state index >= 15 is 0 Å². The number of aromatic amines is 1. The Bertz CT molecular complexity index is 461. The van der Waals surface area contributed by atoms with E-state index in [1.54, 1.807) is 6.33 Å². The lowest BCUT2D eigenvalue weighted by Gasteiger charge is -2.21. The van der Waals surface area contributed by atoms with Crippen molar-refractivity contribution in [3.63, 3.8) is 0 Å². The fourth-order valence-electron chi connectivity index (χ4n) is 1.90. The molecule has 0 amide bonds. The third kappa shape index (κ3) is 1.41. The quantitative estimate of drug-likeness (QED) is 0.676. The highest BCUT2D eigenvalue weighted by Gasteiger charge is 2.17. The van der Waals surface area contributed by atoms with Gasteiger partial charge in [0, 0.05) is 0 Å². The van der Waals surface area contributed by atoms with Gasteiger partial charge >= 0.3 is 0 Å². The van der Waals surface area contributed by atoms with Crippen LogP contribution in [0.3, 0.4) is 0 Å². The first-order valence-corrected chi connectivity index (χ1v) is 4.93. The Morgan fingerprint density at radius 2 is 1.93 bits per heavy atom. The van der Waals surface area contributed by atoms with Crippen molar-refractivity contribution in [1.29, 1.82) is 0 Å². The lowest BCUT2D eigenvalue weighted by atomic mass is 9.84. The van der Waals surface area contributed by atoms with Gasteiger partial charge in [-0.2, -0.15) is 0 Å². The van der Waals surface area contributed by atoms with Crippen LogP contribution in [0.4, 0.5) is 0 Å². The molecule has 0 bridgehead atoms. The number of rotatable bonds is 0. The maximum atomic E-state index is 4.28. The van der Waals surface area contributed by atoms with Crippen molar-refractivity contribution in [3.05, 3.63) is 29.6 Å². The molecule has 0 saturated carbocycles. The number of benzene rings is 1. The van der Waals surface area contributed by atoms with E-state index in [-0.39, 0.29) is 5.41 Å². The predicted molar refractivity (Wildman–Crippen MR) is 59.5 cm³/mol. The normalized spacial score (nSPS) is 12.3. The molecule has 14 heavy (non-hydrogen) atoms. The minimum Gasteiger partial charge on any atom is -0.345 e. The predicted octanol–water partition coefficient (Wildman–Crippen LogP) is 3.17. The van der Waals surface area contributed by atoms with E-state index < -0.39 is 0 Å². The zero-order chi connectivity index (χ0) is 10.3. The molecule has 0 aliphatic carbocycles. The van der Waals surface area contributed by atoms with Gasteiger partial charge in [0.25, 0.3) is 0 Å². The van der Waals surface area contributed by atoms with E-state index in [2.05, 4.69) is 49.8 Å². The lowest BCUT2D eigenvalue weighted by molar-refractivity contribution is 0.587. The van der Waals surface area contributed by atoms with Crippen molar-refractivity contribution in [2.24, 2.45) is 0 Å². The van der Waals surface area contributed by atoms with Gasteiger partial charge in [-0.15, -0.1) is 0 Å². The smallest absolute Gasteiger partial charge is 0.0931 e. The van der Waals surface area contributed by atoms with Gasteiger partial charge in [0.1, 0.15) is 0 Å². The molecule has 2 rings (SSSR count). The maximum Gasteiger partial charge on any atom is 0.0931 e. The zero-order valence-electron chi connectivity index (χ0n) is 9.18. The summed E-state index contributed by atoms with van der Waals surface area (Å²) in [5, 5.41) is 0. The molecule has 0 fully saturated rings. The summed E-state index contributed by atoms with van der Waals surface area (Å²) in [6.45, 7) is 8.84. The minimum atomic E-state index is 0.192. The summed E-state index contributed by atoms with van der Waals surface area (Å²) in [5.41, 5.74) is 5.07. The Balaban J connectivity index is 2.71. The monoisotopic (exact) mass is 188 g/mol. The van der Waals surface area contributed by atoms with E-state index in [9.17, 15) is 0 Å². The Hall–Kier alpha value is -1.31. The second-order valence-corrected chi connectivity index (χ2v) is 4.84. The number of hydrogen-bond donors (Lipinski definition) is 1. The standard InChI is InChI=1S/C12H16N2/c1-8-5-10-11(14-7-13-10)6-9(8)12(2,3)4/h5-7H,1-4H3,(H,13,14). The Morgan fingerprint density at radius 3 is 2.57 bits per heavy atom. The van der Waals surface area contributed by atoms with Gasteiger partial charge in [-0.3, -0.25) is 0 Å². The van der Waals surface area contributed by atoms with Crippen LogP contribution in [0.5, 0.6) is 0 Å². The molecule has 1 heterocycles. The number of imidazole rings is 1. The highest BCUT2D eigenvalue weighted by Crippen LogP contribution is 2.28. The fraction of sp³-hybridized carbons (Fsp3) is 0.417. The van der Waals surface area contributed by atoms with Crippen molar-refractivity contribution in [2.45, 2.75) is 33.1 Å². The number of aromatic nitrogens is 2. The molecule has 2 heteroatoms. The summed E-state index contributed by atoms with van der Waals surface area (Å²) in [6, 6.07) is 4.35. The first kappa shape index (κ1) is 9.25. The first-order chi connectivity index (χ1) is 6.48. The third-order valence-electron chi connectivity index (χ3n) is 2.57. The minimum absolute atomic E-state index is 0.192. The second-order valence-electron chi connectivity index (χ2n) is 4.84. The van der Waals surface area contributed by atoms with Crippen LogP contribution in [-0.2, 0) is 5.41 Å². The Kier molecular flexibility index (Phi) is 1.88. The van der Waals surface area contributed by atoms with Crippen LogP contribution in [0.15, 0.2) is 18.5 Å². The number of hydrogen-bond acceptors (Lipinski definition) is 1. The molecule has 0 atom stereocenters. The fourth-order valence-corrected chi connectivity index (χ4v) is 1.90. The van der Waals surface area contributed by atoms with Crippen molar-refractivity contribution < 1.29 is 0 Å².